The molecule has 0 amide bonds. The zero-order valence-electron chi connectivity index (χ0n) is 21.2. The molecule has 0 saturated carbocycles. The van der Waals surface area contributed by atoms with Crippen molar-refractivity contribution >= 4 is 24.1 Å². The number of nitrogens with two attached hydrogens (primary N) is 1. The van der Waals surface area contributed by atoms with Gasteiger partial charge in [-0.25, -0.2) is 4.79 Å². The molecule has 0 heterocycles. The Hall–Kier alpha value is -3.14. The molecule has 1 aromatic rings. The van der Waals surface area contributed by atoms with E-state index < -0.39 is 48.0 Å². The van der Waals surface area contributed by atoms with Crippen molar-refractivity contribution in [2.24, 2.45) is 17.6 Å². The predicted octanol–water partition coefficient (Wildman–Crippen LogP) is 4.04. The number of hydrogen-bond acceptors (Lipinski definition) is 9. The number of aliphatic carboxylic acids is 1. The molecule has 10 nitrogen and oxygen atoms in total. The van der Waals surface area contributed by atoms with E-state index in [0.29, 0.717) is 18.4 Å². The standard InChI is InChI=1S/C25H37NO9/c1-7-14(4)23(29)34-19-11-10-17(13-20(19)35-24(30)15(5)8-2)18(21(26)22(27)28)12-16(6)33-25(31)32-9-3/h10-11,13-16,18,21H,7-9,12,26H2,1-6H3,(H,27,28)/t14?,15?,16?,18?,21-/m0/s1. The van der Waals surface area contributed by atoms with Gasteiger partial charge in [-0.05, 0) is 50.8 Å². The molecule has 4 unspecified atom stereocenters. The summed E-state index contributed by atoms with van der Waals surface area (Å²) in [5.74, 6) is -3.87. The second-order valence-electron chi connectivity index (χ2n) is 8.48. The highest BCUT2D eigenvalue weighted by atomic mass is 16.7. The van der Waals surface area contributed by atoms with Crippen molar-refractivity contribution in [3.63, 3.8) is 0 Å². The average molecular weight is 496 g/mol. The zero-order chi connectivity index (χ0) is 26.7. The van der Waals surface area contributed by atoms with Crippen LogP contribution in [0.15, 0.2) is 18.2 Å². The van der Waals surface area contributed by atoms with Crippen LogP contribution in [0, 0.1) is 11.8 Å². The van der Waals surface area contributed by atoms with Crippen LogP contribution in [0.4, 0.5) is 4.79 Å². The van der Waals surface area contributed by atoms with E-state index in [2.05, 4.69) is 0 Å². The van der Waals surface area contributed by atoms with E-state index in [9.17, 15) is 24.3 Å². The highest BCUT2D eigenvalue weighted by molar-refractivity contribution is 5.79. The third kappa shape index (κ3) is 9.20. The molecule has 0 radical (unpaired) electrons. The minimum atomic E-state index is -1.35. The molecular weight excluding hydrogens is 458 g/mol. The van der Waals surface area contributed by atoms with Crippen molar-refractivity contribution in [3.8, 4) is 11.5 Å². The van der Waals surface area contributed by atoms with Crippen molar-refractivity contribution in [1.82, 2.24) is 0 Å². The Morgan fingerprint density at radius 2 is 1.46 bits per heavy atom. The first-order chi connectivity index (χ1) is 16.4. The van der Waals surface area contributed by atoms with Gasteiger partial charge in [-0.3, -0.25) is 14.4 Å². The Morgan fingerprint density at radius 3 is 1.94 bits per heavy atom. The van der Waals surface area contributed by atoms with E-state index in [0.717, 1.165) is 0 Å². The van der Waals surface area contributed by atoms with E-state index in [4.69, 9.17) is 24.7 Å². The fraction of sp³-hybridized carbons (Fsp3) is 0.600. The normalized spacial score (nSPS) is 15.2. The average Bonchev–Trinajstić information content (AvgIpc) is 2.81. The van der Waals surface area contributed by atoms with Gasteiger partial charge in [0, 0.05) is 5.92 Å². The number of esters is 2. The van der Waals surface area contributed by atoms with Crippen LogP contribution < -0.4 is 15.2 Å². The summed E-state index contributed by atoms with van der Waals surface area (Å²) in [6, 6.07) is 3.07. The second kappa shape index (κ2) is 14.3. The van der Waals surface area contributed by atoms with E-state index >= 15 is 0 Å². The molecule has 0 bridgehead atoms. The molecule has 0 saturated heterocycles. The van der Waals surface area contributed by atoms with Gasteiger partial charge in [0.15, 0.2) is 11.5 Å². The lowest BCUT2D eigenvalue weighted by Crippen LogP contribution is -2.38. The van der Waals surface area contributed by atoms with Crippen LogP contribution in [-0.4, -0.2) is 47.9 Å². The number of carboxylic acid groups (broad SMARTS) is 1. The molecule has 0 aliphatic carbocycles. The number of carbonyl (C=O) groups excluding carboxylic acids is 3. The fourth-order valence-corrected chi connectivity index (χ4v) is 3.05. The highest BCUT2D eigenvalue weighted by Gasteiger charge is 2.30. The molecule has 10 heteroatoms. The van der Waals surface area contributed by atoms with E-state index in [-0.39, 0.29) is 30.4 Å². The van der Waals surface area contributed by atoms with Crippen molar-refractivity contribution in [3.05, 3.63) is 23.8 Å². The van der Waals surface area contributed by atoms with Gasteiger partial charge in [0.05, 0.1) is 18.4 Å². The monoisotopic (exact) mass is 495 g/mol. The van der Waals surface area contributed by atoms with Crippen LogP contribution in [0.1, 0.15) is 72.3 Å². The number of hydrogen-bond donors (Lipinski definition) is 2. The van der Waals surface area contributed by atoms with Crippen LogP contribution in [0.2, 0.25) is 0 Å². The summed E-state index contributed by atoms with van der Waals surface area (Å²) in [5, 5.41) is 9.56. The molecule has 0 fully saturated rings. The number of ether oxygens (including phenoxy) is 4. The lowest BCUT2D eigenvalue weighted by molar-refractivity contribution is -0.141. The Kier molecular flexibility index (Phi) is 12.2. The summed E-state index contributed by atoms with van der Waals surface area (Å²) < 4.78 is 20.9. The van der Waals surface area contributed by atoms with Crippen LogP contribution in [0.3, 0.4) is 0 Å². The van der Waals surface area contributed by atoms with Gasteiger partial charge in [0.2, 0.25) is 0 Å². The summed E-state index contributed by atoms with van der Waals surface area (Å²) in [6.07, 6.45) is -0.448. The van der Waals surface area contributed by atoms with Gasteiger partial charge < -0.3 is 29.8 Å². The molecule has 0 aliphatic rings. The smallest absolute Gasteiger partial charge is 0.480 e. The van der Waals surface area contributed by atoms with Gasteiger partial charge in [-0.2, -0.15) is 0 Å². The van der Waals surface area contributed by atoms with Gasteiger partial charge in [-0.1, -0.05) is 33.8 Å². The van der Waals surface area contributed by atoms with Gasteiger partial charge in [0.25, 0.3) is 0 Å². The predicted molar refractivity (Wildman–Crippen MR) is 127 cm³/mol. The van der Waals surface area contributed by atoms with Crippen LogP contribution in [-0.2, 0) is 23.9 Å². The van der Waals surface area contributed by atoms with E-state index in [1.807, 2.05) is 13.8 Å². The highest BCUT2D eigenvalue weighted by Crippen LogP contribution is 2.35. The largest absolute Gasteiger partial charge is 0.508 e. The molecule has 3 N–H and O–H groups in total. The Morgan fingerprint density at radius 1 is 0.914 bits per heavy atom. The zero-order valence-corrected chi connectivity index (χ0v) is 21.2. The maximum Gasteiger partial charge on any atom is 0.508 e. The number of carbonyl (C=O) groups is 4. The lowest BCUT2D eigenvalue weighted by atomic mass is 9.87. The van der Waals surface area contributed by atoms with Crippen LogP contribution >= 0.6 is 0 Å². The molecule has 0 spiro atoms. The van der Waals surface area contributed by atoms with Gasteiger partial charge in [0.1, 0.15) is 12.1 Å². The first-order valence-electron chi connectivity index (χ1n) is 11.8. The number of rotatable bonds is 13. The Labute approximate surface area is 206 Å². The summed E-state index contributed by atoms with van der Waals surface area (Å²) in [5.41, 5.74) is 6.38. The molecule has 5 atom stereocenters. The summed E-state index contributed by atoms with van der Waals surface area (Å²) >= 11 is 0. The Bertz CT molecular complexity index is 886. The van der Waals surface area contributed by atoms with Crippen LogP contribution in [0.25, 0.3) is 0 Å². The van der Waals surface area contributed by atoms with Crippen molar-refractivity contribution in [1.29, 1.82) is 0 Å². The van der Waals surface area contributed by atoms with Gasteiger partial charge >= 0.3 is 24.1 Å². The van der Waals surface area contributed by atoms with Crippen molar-refractivity contribution in [2.45, 2.75) is 78.9 Å². The molecule has 1 rings (SSSR count). The maximum atomic E-state index is 12.5. The second-order valence-corrected chi connectivity index (χ2v) is 8.48. The molecular formula is C25H37NO9. The third-order valence-electron chi connectivity index (χ3n) is 5.71. The fourth-order valence-electron chi connectivity index (χ4n) is 3.05. The summed E-state index contributed by atoms with van der Waals surface area (Å²) in [6.45, 7) is 10.4. The van der Waals surface area contributed by atoms with Crippen molar-refractivity contribution < 1.29 is 43.2 Å². The Balaban J connectivity index is 3.38. The van der Waals surface area contributed by atoms with E-state index in [1.165, 1.54) is 12.1 Å². The van der Waals surface area contributed by atoms with Gasteiger partial charge in [-0.15, -0.1) is 0 Å². The maximum absolute atomic E-state index is 12.5. The SMILES string of the molecule is CCOC(=O)OC(C)CC(c1ccc(OC(=O)C(C)CC)c(OC(=O)C(C)CC)c1)[C@H](N)C(=O)O. The number of carboxylic acids is 1. The molecule has 196 valence electrons. The molecule has 0 aliphatic heterocycles. The quantitative estimate of drug-likeness (QED) is 0.303. The first-order valence-corrected chi connectivity index (χ1v) is 11.8. The summed E-state index contributed by atoms with van der Waals surface area (Å²) in [4.78, 5) is 48.3. The minimum Gasteiger partial charge on any atom is -0.480 e. The van der Waals surface area contributed by atoms with Crippen molar-refractivity contribution in [2.75, 3.05) is 6.61 Å². The van der Waals surface area contributed by atoms with Crippen LogP contribution in [0.5, 0.6) is 11.5 Å². The summed E-state index contributed by atoms with van der Waals surface area (Å²) in [7, 11) is 0. The molecule has 0 aromatic heterocycles. The minimum absolute atomic E-state index is 0.0222. The lowest BCUT2D eigenvalue weighted by Gasteiger charge is -2.25. The molecule has 35 heavy (non-hydrogen) atoms. The topological polar surface area (TPSA) is 151 Å². The van der Waals surface area contributed by atoms with E-state index in [1.54, 1.807) is 33.8 Å². The first kappa shape index (κ1) is 29.9. The number of benzene rings is 1. The molecule has 1 aromatic carbocycles. The third-order valence-corrected chi connectivity index (χ3v) is 5.71.